The Morgan fingerprint density at radius 3 is 2.72 bits per heavy atom. The van der Waals surface area contributed by atoms with Gasteiger partial charge < -0.3 is 9.64 Å². The summed E-state index contributed by atoms with van der Waals surface area (Å²) in [6.45, 7) is 8.84. The van der Waals surface area contributed by atoms with Gasteiger partial charge in [0, 0.05) is 24.5 Å². The monoisotopic (exact) mass is 363 g/mol. The van der Waals surface area contributed by atoms with Gasteiger partial charge in [-0.15, -0.1) is 5.10 Å². The molecule has 3 heterocycles. The molecule has 25 heavy (non-hydrogen) atoms. The van der Waals surface area contributed by atoms with Crippen LogP contribution < -0.4 is 0 Å². The van der Waals surface area contributed by atoms with Crippen LogP contribution in [0, 0.1) is 13.8 Å². The molecule has 2 aromatic rings. The first-order valence-corrected chi connectivity index (χ1v) is 9.80. The van der Waals surface area contributed by atoms with Crippen molar-refractivity contribution >= 4 is 23.4 Å². The molecule has 0 unspecified atom stereocenters. The molecule has 3 rings (SSSR count). The number of aryl methyl sites for hydroxylation is 2. The van der Waals surface area contributed by atoms with Gasteiger partial charge in [-0.2, -0.15) is 4.98 Å². The molecule has 0 aromatic carbocycles. The van der Waals surface area contributed by atoms with Crippen molar-refractivity contribution in [1.29, 1.82) is 0 Å². The van der Waals surface area contributed by atoms with Gasteiger partial charge in [-0.25, -0.2) is 9.50 Å². The normalized spacial score (nSPS) is 15.1. The molecule has 0 aliphatic carbocycles. The number of carbonyl (C=O) groups excluding carboxylic acids is 1. The van der Waals surface area contributed by atoms with Crippen LogP contribution in [0.3, 0.4) is 0 Å². The van der Waals surface area contributed by atoms with E-state index >= 15 is 0 Å². The van der Waals surface area contributed by atoms with E-state index in [0.717, 1.165) is 30.7 Å². The minimum absolute atomic E-state index is 0.108. The van der Waals surface area contributed by atoms with Crippen LogP contribution in [0.2, 0.25) is 0 Å². The van der Waals surface area contributed by atoms with Crippen LogP contribution >= 0.6 is 11.8 Å². The van der Waals surface area contributed by atoms with E-state index in [1.54, 1.807) is 4.52 Å². The zero-order chi connectivity index (χ0) is 17.8. The van der Waals surface area contributed by atoms with Crippen molar-refractivity contribution in [3.05, 3.63) is 17.0 Å². The summed E-state index contributed by atoms with van der Waals surface area (Å²) in [5, 5.41) is 5.15. The van der Waals surface area contributed by atoms with Crippen molar-refractivity contribution in [2.24, 2.45) is 0 Å². The van der Waals surface area contributed by atoms with Gasteiger partial charge in [0.15, 0.2) is 0 Å². The third-order valence-electron chi connectivity index (χ3n) is 4.50. The Bertz CT molecular complexity index is 755. The number of rotatable bonds is 6. The number of hydrogen-bond donors (Lipinski definition) is 0. The second-order valence-corrected chi connectivity index (χ2v) is 7.20. The van der Waals surface area contributed by atoms with Crippen molar-refractivity contribution in [1.82, 2.24) is 24.5 Å². The summed E-state index contributed by atoms with van der Waals surface area (Å²) in [6, 6.07) is 0. The Labute approximate surface area is 152 Å². The molecule has 0 spiro atoms. The number of morpholine rings is 1. The van der Waals surface area contributed by atoms with Crippen molar-refractivity contribution in [2.45, 2.75) is 45.2 Å². The average molecular weight is 363 g/mol. The molecular weight excluding hydrogens is 338 g/mol. The molecule has 1 aliphatic heterocycles. The van der Waals surface area contributed by atoms with Gasteiger partial charge in [0.1, 0.15) is 0 Å². The van der Waals surface area contributed by atoms with E-state index in [-0.39, 0.29) is 5.91 Å². The largest absolute Gasteiger partial charge is 0.378 e. The first kappa shape index (κ1) is 18.1. The van der Waals surface area contributed by atoms with E-state index in [9.17, 15) is 4.79 Å². The van der Waals surface area contributed by atoms with Crippen LogP contribution in [0.5, 0.6) is 0 Å². The number of fused-ring (bicyclic) bond motifs is 1. The molecule has 0 saturated carbocycles. The summed E-state index contributed by atoms with van der Waals surface area (Å²) in [7, 11) is 0. The predicted octanol–water partition coefficient (Wildman–Crippen LogP) is 2.03. The zero-order valence-corrected chi connectivity index (χ0v) is 15.9. The topological polar surface area (TPSA) is 72.6 Å². The fourth-order valence-corrected chi connectivity index (χ4v) is 3.72. The highest BCUT2D eigenvalue weighted by molar-refractivity contribution is 7.99. The van der Waals surface area contributed by atoms with Crippen molar-refractivity contribution in [3.8, 4) is 0 Å². The number of nitrogens with zero attached hydrogens (tertiary/aromatic N) is 5. The van der Waals surface area contributed by atoms with Gasteiger partial charge in [0.25, 0.3) is 5.78 Å². The second kappa shape index (κ2) is 8.14. The molecule has 1 amide bonds. The number of ether oxygens (including phenoxy) is 1. The third-order valence-corrected chi connectivity index (χ3v) is 5.32. The van der Waals surface area contributed by atoms with Gasteiger partial charge in [0.2, 0.25) is 11.1 Å². The lowest BCUT2D eigenvalue weighted by atomic mass is 10.1. The number of amides is 1. The van der Waals surface area contributed by atoms with Gasteiger partial charge in [-0.05, 0) is 32.3 Å². The maximum atomic E-state index is 12.3. The quantitative estimate of drug-likeness (QED) is 0.731. The number of unbranched alkanes of at least 4 members (excludes halogenated alkanes) is 1. The molecule has 0 atom stereocenters. The Hall–Kier alpha value is -1.67. The zero-order valence-electron chi connectivity index (χ0n) is 15.1. The van der Waals surface area contributed by atoms with Crippen LogP contribution in [0.4, 0.5) is 0 Å². The summed E-state index contributed by atoms with van der Waals surface area (Å²) in [5.74, 6) is 1.06. The first-order chi connectivity index (χ1) is 12.1. The van der Waals surface area contributed by atoms with E-state index in [2.05, 4.69) is 28.9 Å². The highest BCUT2D eigenvalue weighted by Crippen LogP contribution is 2.20. The van der Waals surface area contributed by atoms with E-state index < -0.39 is 0 Å². The molecule has 7 nitrogen and oxygen atoms in total. The standard InChI is InChI=1S/C17H25N5O2S/c1-4-5-6-14-12(2)18-16-19-17(20-22(16)13(14)3)25-11-15(23)21-7-9-24-10-8-21/h4-11H2,1-3H3. The van der Waals surface area contributed by atoms with Crippen molar-refractivity contribution < 1.29 is 9.53 Å². The highest BCUT2D eigenvalue weighted by atomic mass is 32.2. The smallest absolute Gasteiger partial charge is 0.253 e. The summed E-state index contributed by atoms with van der Waals surface area (Å²) >= 11 is 1.37. The maximum absolute atomic E-state index is 12.3. The summed E-state index contributed by atoms with van der Waals surface area (Å²) in [4.78, 5) is 23.2. The number of aromatic nitrogens is 4. The SMILES string of the molecule is CCCCc1c(C)nc2nc(SCC(=O)N3CCOCC3)nn2c1C. The van der Waals surface area contributed by atoms with Crippen LogP contribution in [0.25, 0.3) is 5.78 Å². The number of thioether (sulfide) groups is 1. The lowest BCUT2D eigenvalue weighted by Crippen LogP contribution is -2.41. The van der Waals surface area contributed by atoms with Crippen LogP contribution in [-0.2, 0) is 16.0 Å². The molecule has 136 valence electrons. The van der Waals surface area contributed by atoms with E-state index in [1.807, 2.05) is 11.8 Å². The number of hydrogen-bond acceptors (Lipinski definition) is 6. The van der Waals surface area contributed by atoms with Crippen LogP contribution in [0.1, 0.15) is 36.7 Å². The molecule has 2 aromatic heterocycles. The fraction of sp³-hybridized carbons (Fsp3) is 0.647. The lowest BCUT2D eigenvalue weighted by molar-refractivity contribution is -0.132. The molecule has 1 saturated heterocycles. The fourth-order valence-electron chi connectivity index (χ4n) is 3.00. The molecule has 0 radical (unpaired) electrons. The lowest BCUT2D eigenvalue weighted by Gasteiger charge is -2.26. The average Bonchev–Trinajstić information content (AvgIpc) is 3.03. The van der Waals surface area contributed by atoms with E-state index in [0.29, 0.717) is 43.0 Å². The van der Waals surface area contributed by atoms with E-state index in [4.69, 9.17) is 4.74 Å². The van der Waals surface area contributed by atoms with Gasteiger partial charge in [-0.3, -0.25) is 4.79 Å². The molecule has 0 bridgehead atoms. The minimum Gasteiger partial charge on any atom is -0.378 e. The summed E-state index contributed by atoms with van der Waals surface area (Å²) in [6.07, 6.45) is 3.30. The Morgan fingerprint density at radius 1 is 1.24 bits per heavy atom. The highest BCUT2D eigenvalue weighted by Gasteiger charge is 2.19. The van der Waals surface area contributed by atoms with Gasteiger partial charge in [0.05, 0.1) is 19.0 Å². The van der Waals surface area contributed by atoms with Crippen molar-refractivity contribution in [3.63, 3.8) is 0 Å². The Morgan fingerprint density at radius 2 is 2.00 bits per heavy atom. The van der Waals surface area contributed by atoms with Crippen LogP contribution in [-0.4, -0.2) is 62.4 Å². The molecule has 0 N–H and O–H groups in total. The van der Waals surface area contributed by atoms with Crippen molar-refractivity contribution in [2.75, 3.05) is 32.1 Å². The summed E-state index contributed by atoms with van der Waals surface area (Å²) < 4.78 is 7.08. The van der Waals surface area contributed by atoms with Gasteiger partial charge >= 0.3 is 0 Å². The Kier molecular flexibility index (Phi) is 5.90. The van der Waals surface area contributed by atoms with Gasteiger partial charge in [-0.1, -0.05) is 25.1 Å². The number of carbonyl (C=O) groups is 1. The predicted molar refractivity (Wildman–Crippen MR) is 97.0 cm³/mol. The third kappa shape index (κ3) is 4.12. The minimum atomic E-state index is 0.108. The maximum Gasteiger partial charge on any atom is 0.253 e. The summed E-state index contributed by atoms with van der Waals surface area (Å²) in [5.41, 5.74) is 3.36. The second-order valence-electron chi connectivity index (χ2n) is 6.25. The molecule has 8 heteroatoms. The molecular formula is C17H25N5O2S. The molecule has 1 fully saturated rings. The van der Waals surface area contributed by atoms with Crippen LogP contribution in [0.15, 0.2) is 5.16 Å². The first-order valence-electron chi connectivity index (χ1n) is 8.81. The Balaban J connectivity index is 1.72. The van der Waals surface area contributed by atoms with E-state index in [1.165, 1.54) is 17.3 Å². The molecule has 1 aliphatic rings.